The molecular formula is C15H32N2. The molecule has 0 aromatic rings. The maximum atomic E-state index is 3.28. The largest absolute Gasteiger partial charge is 0.320 e. The van der Waals surface area contributed by atoms with Crippen molar-refractivity contribution in [2.45, 2.75) is 52.4 Å². The summed E-state index contributed by atoms with van der Waals surface area (Å²) in [5, 5.41) is 3.28. The Morgan fingerprint density at radius 2 is 1.94 bits per heavy atom. The normalized spacial score (nSPS) is 20.6. The summed E-state index contributed by atoms with van der Waals surface area (Å²) in [6.07, 6.45) is 8.36. The molecule has 1 unspecified atom stereocenters. The van der Waals surface area contributed by atoms with E-state index in [9.17, 15) is 0 Å². The molecule has 1 fully saturated rings. The van der Waals surface area contributed by atoms with Crippen LogP contribution >= 0.6 is 0 Å². The van der Waals surface area contributed by atoms with Crippen LogP contribution in [0.5, 0.6) is 0 Å². The molecule has 1 atom stereocenters. The fourth-order valence-corrected chi connectivity index (χ4v) is 3.00. The van der Waals surface area contributed by atoms with Crippen molar-refractivity contribution < 1.29 is 0 Å². The van der Waals surface area contributed by atoms with Gasteiger partial charge in [-0.25, -0.2) is 0 Å². The summed E-state index contributed by atoms with van der Waals surface area (Å²) in [5.41, 5.74) is 0. The lowest BCUT2D eigenvalue weighted by atomic mass is 9.91. The molecule has 0 aliphatic carbocycles. The number of hydrogen-bond acceptors (Lipinski definition) is 2. The van der Waals surface area contributed by atoms with Gasteiger partial charge in [0.2, 0.25) is 0 Å². The van der Waals surface area contributed by atoms with Crippen molar-refractivity contribution in [2.24, 2.45) is 11.8 Å². The van der Waals surface area contributed by atoms with Crippen molar-refractivity contribution in [2.75, 3.05) is 33.2 Å². The van der Waals surface area contributed by atoms with Gasteiger partial charge in [-0.3, -0.25) is 0 Å². The number of piperidine rings is 1. The molecule has 0 radical (unpaired) electrons. The zero-order valence-corrected chi connectivity index (χ0v) is 12.2. The van der Waals surface area contributed by atoms with Crippen LogP contribution in [0.1, 0.15) is 52.4 Å². The molecule has 0 amide bonds. The van der Waals surface area contributed by atoms with Crippen LogP contribution in [0.25, 0.3) is 0 Å². The Morgan fingerprint density at radius 1 is 1.24 bits per heavy atom. The second-order valence-corrected chi connectivity index (χ2v) is 5.70. The maximum Gasteiger partial charge on any atom is 0.00100 e. The van der Waals surface area contributed by atoms with Gasteiger partial charge in [-0.15, -0.1) is 0 Å². The van der Waals surface area contributed by atoms with E-state index in [0.717, 1.165) is 11.8 Å². The summed E-state index contributed by atoms with van der Waals surface area (Å²) in [7, 11) is 2.06. The van der Waals surface area contributed by atoms with Gasteiger partial charge in [0, 0.05) is 6.54 Å². The Balaban J connectivity index is 2.19. The minimum absolute atomic E-state index is 0.894. The molecule has 1 heterocycles. The monoisotopic (exact) mass is 240 g/mol. The number of nitrogens with one attached hydrogen (secondary N) is 1. The zero-order valence-electron chi connectivity index (χ0n) is 12.2. The van der Waals surface area contributed by atoms with Gasteiger partial charge in [0.25, 0.3) is 0 Å². The average Bonchev–Trinajstić information content (AvgIpc) is 2.37. The van der Waals surface area contributed by atoms with Gasteiger partial charge in [0.05, 0.1) is 0 Å². The third-order valence-corrected chi connectivity index (χ3v) is 4.30. The van der Waals surface area contributed by atoms with E-state index in [1.54, 1.807) is 0 Å². The molecule has 1 N–H and O–H groups in total. The predicted octanol–water partition coefficient (Wildman–Crippen LogP) is 3.13. The minimum atomic E-state index is 0.894. The molecule has 0 aromatic carbocycles. The summed E-state index contributed by atoms with van der Waals surface area (Å²) in [5.74, 6) is 1.92. The van der Waals surface area contributed by atoms with Crippen LogP contribution in [0, 0.1) is 11.8 Å². The van der Waals surface area contributed by atoms with E-state index in [1.807, 2.05) is 0 Å². The second kappa shape index (κ2) is 8.93. The van der Waals surface area contributed by atoms with Gasteiger partial charge < -0.3 is 10.2 Å². The second-order valence-electron chi connectivity index (χ2n) is 5.70. The predicted molar refractivity (Wildman–Crippen MR) is 76.4 cm³/mol. The molecule has 1 aliphatic heterocycles. The van der Waals surface area contributed by atoms with Crippen molar-refractivity contribution in [1.82, 2.24) is 10.2 Å². The molecular weight excluding hydrogens is 208 g/mol. The maximum absolute atomic E-state index is 3.28. The Labute approximate surface area is 108 Å². The minimum Gasteiger partial charge on any atom is -0.320 e. The highest BCUT2D eigenvalue weighted by Gasteiger charge is 2.20. The van der Waals surface area contributed by atoms with Crippen LogP contribution in [0.2, 0.25) is 0 Å². The highest BCUT2D eigenvalue weighted by atomic mass is 15.1. The van der Waals surface area contributed by atoms with Crippen molar-refractivity contribution in [3.63, 3.8) is 0 Å². The molecule has 0 aromatic heterocycles. The Bertz CT molecular complexity index is 174. The first kappa shape index (κ1) is 15.0. The number of nitrogens with zero attached hydrogens (tertiary/aromatic N) is 1. The third kappa shape index (κ3) is 5.87. The van der Waals surface area contributed by atoms with E-state index in [-0.39, 0.29) is 0 Å². The van der Waals surface area contributed by atoms with E-state index in [4.69, 9.17) is 0 Å². The van der Waals surface area contributed by atoms with Crippen molar-refractivity contribution in [3.8, 4) is 0 Å². The van der Waals surface area contributed by atoms with Gasteiger partial charge >= 0.3 is 0 Å². The summed E-state index contributed by atoms with van der Waals surface area (Å²) in [4.78, 5) is 2.70. The summed E-state index contributed by atoms with van der Waals surface area (Å²) < 4.78 is 0. The number of hydrogen-bond donors (Lipinski definition) is 1. The quantitative estimate of drug-likeness (QED) is 0.701. The summed E-state index contributed by atoms with van der Waals surface area (Å²) >= 11 is 0. The lowest BCUT2D eigenvalue weighted by Crippen LogP contribution is -2.37. The molecule has 1 rings (SSSR count). The summed E-state index contributed by atoms with van der Waals surface area (Å²) in [6, 6.07) is 0. The Kier molecular flexibility index (Phi) is 7.87. The molecule has 0 bridgehead atoms. The SMILES string of the molecule is CCCC1CCN(CC(CC)CCNC)CC1. The first-order valence-electron chi connectivity index (χ1n) is 7.67. The van der Waals surface area contributed by atoms with Crippen LogP contribution in [-0.2, 0) is 0 Å². The van der Waals surface area contributed by atoms with E-state index in [1.165, 1.54) is 64.7 Å². The van der Waals surface area contributed by atoms with Gasteiger partial charge in [-0.05, 0) is 57.8 Å². The first-order chi connectivity index (χ1) is 8.30. The Morgan fingerprint density at radius 3 is 2.47 bits per heavy atom. The van der Waals surface area contributed by atoms with Gasteiger partial charge in [0.1, 0.15) is 0 Å². The van der Waals surface area contributed by atoms with Crippen LogP contribution in [0.15, 0.2) is 0 Å². The molecule has 2 nitrogen and oxygen atoms in total. The fraction of sp³-hybridized carbons (Fsp3) is 1.00. The van der Waals surface area contributed by atoms with E-state index < -0.39 is 0 Å². The van der Waals surface area contributed by atoms with Crippen LogP contribution in [0.4, 0.5) is 0 Å². The van der Waals surface area contributed by atoms with Crippen molar-refractivity contribution in [1.29, 1.82) is 0 Å². The van der Waals surface area contributed by atoms with Gasteiger partial charge in [0.15, 0.2) is 0 Å². The fourth-order valence-electron chi connectivity index (χ4n) is 3.00. The molecule has 0 spiro atoms. The smallest absolute Gasteiger partial charge is 0.00100 e. The van der Waals surface area contributed by atoms with Crippen LogP contribution in [-0.4, -0.2) is 38.1 Å². The molecule has 17 heavy (non-hydrogen) atoms. The topological polar surface area (TPSA) is 15.3 Å². The van der Waals surface area contributed by atoms with E-state index >= 15 is 0 Å². The Hall–Kier alpha value is -0.0800. The highest BCUT2D eigenvalue weighted by Crippen LogP contribution is 2.23. The van der Waals surface area contributed by atoms with Gasteiger partial charge in [-0.2, -0.15) is 0 Å². The van der Waals surface area contributed by atoms with Gasteiger partial charge in [-0.1, -0.05) is 33.1 Å². The third-order valence-electron chi connectivity index (χ3n) is 4.30. The lowest BCUT2D eigenvalue weighted by Gasteiger charge is -2.34. The first-order valence-corrected chi connectivity index (χ1v) is 7.67. The van der Waals surface area contributed by atoms with Crippen molar-refractivity contribution in [3.05, 3.63) is 0 Å². The molecule has 2 heteroatoms. The summed E-state index contributed by atoms with van der Waals surface area (Å²) in [6.45, 7) is 9.85. The zero-order chi connectivity index (χ0) is 12.5. The molecule has 0 saturated carbocycles. The van der Waals surface area contributed by atoms with E-state index in [0.29, 0.717) is 0 Å². The molecule has 1 saturated heterocycles. The van der Waals surface area contributed by atoms with Crippen molar-refractivity contribution >= 4 is 0 Å². The lowest BCUT2D eigenvalue weighted by molar-refractivity contribution is 0.151. The highest BCUT2D eigenvalue weighted by molar-refractivity contribution is 4.74. The van der Waals surface area contributed by atoms with Crippen LogP contribution < -0.4 is 5.32 Å². The molecule has 102 valence electrons. The number of rotatable bonds is 8. The average molecular weight is 240 g/mol. The standard InChI is InChI=1S/C15H32N2/c1-4-6-15-8-11-17(12-9-15)13-14(5-2)7-10-16-3/h14-16H,4-13H2,1-3H3. The van der Waals surface area contributed by atoms with Crippen LogP contribution in [0.3, 0.4) is 0 Å². The number of likely N-dealkylation sites (tertiary alicyclic amines) is 1. The van der Waals surface area contributed by atoms with E-state index in [2.05, 4.69) is 31.1 Å². The molecule has 1 aliphatic rings.